The zero-order valence-electron chi connectivity index (χ0n) is 41.2. The maximum Gasteiger partial charge on any atom is 0.159 e. The molecule has 9 aromatic carbocycles. The lowest BCUT2D eigenvalue weighted by molar-refractivity contribution is 0.418. The van der Waals surface area contributed by atoms with Gasteiger partial charge in [-0.05, 0) is 147 Å². The molecule has 0 saturated carbocycles. The average Bonchev–Trinajstić information content (AvgIpc) is 3.93. The van der Waals surface area contributed by atoms with Crippen LogP contribution in [0.4, 0.5) is 28.4 Å². The highest BCUT2D eigenvalue weighted by atomic mass is 32.3. The van der Waals surface area contributed by atoms with E-state index in [9.17, 15) is 0 Å². The molecule has 0 fully saturated rings. The summed E-state index contributed by atoms with van der Waals surface area (Å²) >= 11 is 0. The highest BCUT2D eigenvalue weighted by Crippen LogP contribution is 2.54. The van der Waals surface area contributed by atoms with Gasteiger partial charge in [-0.1, -0.05) is 137 Å². The van der Waals surface area contributed by atoms with Crippen molar-refractivity contribution in [2.24, 2.45) is 0 Å². The van der Waals surface area contributed by atoms with Gasteiger partial charge in [0.1, 0.15) is 17.1 Å². The van der Waals surface area contributed by atoms with Crippen molar-refractivity contribution in [2.75, 3.05) is 28.6 Å². The molecule has 0 bridgehead atoms. The minimum Gasteiger partial charge on any atom is -0.459 e. The van der Waals surface area contributed by atoms with Crippen LogP contribution in [0.2, 0.25) is 13.1 Å². The summed E-state index contributed by atoms with van der Waals surface area (Å²) in [7, 11) is -1.98. The molecule has 0 spiro atoms. The zero-order chi connectivity index (χ0) is 47.5. The summed E-state index contributed by atoms with van der Waals surface area (Å²) < 4.78 is 13.8. The van der Waals surface area contributed by atoms with Crippen LogP contribution in [0.3, 0.4) is 0 Å². The highest BCUT2D eigenvalue weighted by Gasteiger charge is 2.36. The third-order valence-electron chi connectivity index (χ3n) is 14.9. The molecule has 1 unspecified atom stereocenters. The van der Waals surface area contributed by atoms with Crippen LogP contribution >= 0.6 is 10.0 Å². The molecule has 0 saturated heterocycles. The SMILES string of the molecule is CC(C)c1cc(N(C2=C3Oc4ccccc4C3CC=C2)c2ccc([SiH](C)C)cc2)c2ccc3c(C(C)C)cc(N(c4ccc(S(C)(C)C)cc4)c4cccc5c4oc4ccccc45)c4ccc1c2c34. The Morgan fingerprint density at radius 2 is 1.14 bits per heavy atom. The lowest BCUT2D eigenvalue weighted by Gasteiger charge is -2.33. The molecule has 2 aliphatic rings. The number of para-hydroxylation sites is 3. The Morgan fingerprint density at radius 1 is 0.565 bits per heavy atom. The van der Waals surface area contributed by atoms with Gasteiger partial charge in [-0.25, -0.2) is 10.0 Å². The summed E-state index contributed by atoms with van der Waals surface area (Å²) in [5, 5.41) is 11.3. The van der Waals surface area contributed by atoms with Crippen molar-refractivity contribution >= 4 is 107 Å². The van der Waals surface area contributed by atoms with Gasteiger partial charge in [0.15, 0.2) is 5.58 Å². The molecule has 10 aromatic rings. The van der Waals surface area contributed by atoms with Crippen molar-refractivity contribution in [1.29, 1.82) is 0 Å². The first-order chi connectivity index (χ1) is 33.4. The second kappa shape index (κ2) is 16.5. The molecular weight excluding hydrogens is 877 g/mol. The molecule has 1 aliphatic heterocycles. The van der Waals surface area contributed by atoms with E-state index >= 15 is 0 Å². The molecule has 69 heavy (non-hydrogen) atoms. The lowest BCUT2D eigenvalue weighted by Crippen LogP contribution is -2.25. The number of anilines is 5. The smallest absolute Gasteiger partial charge is 0.159 e. The zero-order valence-corrected chi connectivity index (χ0v) is 43.2. The van der Waals surface area contributed by atoms with Gasteiger partial charge >= 0.3 is 0 Å². The Hall–Kier alpha value is -6.73. The van der Waals surface area contributed by atoms with Gasteiger partial charge in [0.2, 0.25) is 0 Å². The molecule has 0 amide bonds. The number of furan rings is 1. The minimum atomic E-state index is -1.03. The van der Waals surface area contributed by atoms with Gasteiger partial charge in [-0.3, -0.25) is 0 Å². The third kappa shape index (κ3) is 7.01. The molecule has 12 rings (SSSR count). The molecule has 0 N–H and O–H groups in total. The van der Waals surface area contributed by atoms with Gasteiger partial charge in [0.05, 0.1) is 37.5 Å². The van der Waals surface area contributed by atoms with E-state index in [2.05, 4.69) is 233 Å². The summed E-state index contributed by atoms with van der Waals surface area (Å²) in [6, 6.07) is 57.0. The second-order valence-corrected chi connectivity index (χ2v) is 28.1. The topological polar surface area (TPSA) is 28.9 Å². The fourth-order valence-corrected chi connectivity index (χ4v) is 13.2. The molecule has 1 aromatic heterocycles. The fraction of sp³-hybridized carbons (Fsp3) is 0.206. The van der Waals surface area contributed by atoms with E-state index in [1.807, 2.05) is 0 Å². The van der Waals surface area contributed by atoms with E-state index in [1.54, 1.807) is 0 Å². The summed E-state index contributed by atoms with van der Waals surface area (Å²) in [5.41, 5.74) is 12.4. The lowest BCUT2D eigenvalue weighted by atomic mass is 9.83. The van der Waals surface area contributed by atoms with Gasteiger partial charge in [-0.2, -0.15) is 0 Å². The Kier molecular flexibility index (Phi) is 10.4. The third-order valence-corrected chi connectivity index (χ3v) is 18.3. The summed E-state index contributed by atoms with van der Waals surface area (Å²) in [6.07, 6.45) is 12.7. The van der Waals surface area contributed by atoms with Crippen LogP contribution in [0, 0.1) is 0 Å². The van der Waals surface area contributed by atoms with E-state index in [-0.39, 0.29) is 17.8 Å². The Morgan fingerprint density at radius 3 is 1.80 bits per heavy atom. The second-order valence-electron chi connectivity index (χ2n) is 20.9. The first-order valence-electron chi connectivity index (χ1n) is 24.7. The molecule has 6 heteroatoms. The Bertz CT molecular complexity index is 3700. The number of hydrogen-bond donors (Lipinski definition) is 0. The van der Waals surface area contributed by atoms with Gasteiger partial charge in [-0.15, -0.1) is 0 Å². The number of ether oxygens (including phenoxy) is 1. The van der Waals surface area contributed by atoms with Crippen LogP contribution in [0.25, 0.3) is 54.3 Å². The summed E-state index contributed by atoms with van der Waals surface area (Å²) in [6.45, 7) is 14.2. The Labute approximate surface area is 409 Å². The number of hydrogen-bond acceptors (Lipinski definition) is 4. The molecule has 2 heterocycles. The van der Waals surface area contributed by atoms with Crippen molar-refractivity contribution in [3.8, 4) is 5.75 Å². The molecule has 1 aliphatic carbocycles. The van der Waals surface area contributed by atoms with Gasteiger partial charge in [0.25, 0.3) is 0 Å². The van der Waals surface area contributed by atoms with E-state index in [1.165, 1.54) is 64.8 Å². The van der Waals surface area contributed by atoms with Crippen LogP contribution in [-0.2, 0) is 0 Å². The summed E-state index contributed by atoms with van der Waals surface area (Å²) in [4.78, 5) is 6.38. The molecule has 1 atom stereocenters. The highest BCUT2D eigenvalue weighted by molar-refractivity contribution is 8.32. The predicted octanol–water partition coefficient (Wildman–Crippen LogP) is 17.4. The largest absolute Gasteiger partial charge is 0.459 e. The van der Waals surface area contributed by atoms with Crippen LogP contribution in [-0.4, -0.2) is 27.6 Å². The minimum absolute atomic E-state index is 0.160. The molecular formula is C63H60N2O2SSi. The van der Waals surface area contributed by atoms with Crippen molar-refractivity contribution in [3.05, 3.63) is 192 Å². The normalized spacial score (nSPS) is 15.2. The van der Waals surface area contributed by atoms with E-state index in [0.717, 1.165) is 68.3 Å². The number of benzene rings is 9. The molecule has 4 nitrogen and oxygen atoms in total. The standard InChI is InChI=1S/C63H60N2O2SSi/c1-38(2)52-36-56(64(40-24-28-42(29-25-40)68(5,6)7)54-20-14-18-48-44-16-10-12-22-58(44)66-62(48)54)50-34-32-47-53(39(3)4)37-57(51-35-33-46(52)60(50)61(47)51)65(41-26-30-43(31-27-41)69(8)9)55-21-15-19-49-45-17-11-13-23-59(45)67-63(49)55/h10-18,20-39,49,69H,19H2,1-9H3. The number of allylic oxidation sites excluding steroid dienone is 3. The first kappa shape index (κ1) is 43.5. The van der Waals surface area contributed by atoms with E-state index in [4.69, 9.17) is 9.15 Å². The van der Waals surface area contributed by atoms with Crippen LogP contribution in [0.5, 0.6) is 5.75 Å². The van der Waals surface area contributed by atoms with Crippen molar-refractivity contribution < 1.29 is 9.15 Å². The van der Waals surface area contributed by atoms with Crippen LogP contribution in [0.15, 0.2) is 185 Å². The monoisotopic (exact) mass is 936 g/mol. The maximum atomic E-state index is 6.94. The van der Waals surface area contributed by atoms with Gasteiger partial charge in [0, 0.05) is 38.5 Å². The van der Waals surface area contributed by atoms with Crippen molar-refractivity contribution in [2.45, 2.75) is 69.9 Å². The fourth-order valence-electron chi connectivity index (χ4n) is 11.3. The van der Waals surface area contributed by atoms with E-state index < -0.39 is 18.8 Å². The Balaban J connectivity index is 1.18. The molecule has 344 valence electrons. The number of rotatable bonds is 10. The average molecular weight is 937 g/mol. The predicted molar refractivity (Wildman–Crippen MR) is 302 cm³/mol. The first-order valence-corrected chi connectivity index (χ1v) is 30.4. The van der Waals surface area contributed by atoms with Crippen LogP contribution < -0.4 is 19.7 Å². The number of nitrogens with zero attached hydrogens (tertiary/aromatic N) is 2. The maximum absolute atomic E-state index is 6.94. The molecule has 0 radical (unpaired) electrons. The van der Waals surface area contributed by atoms with Crippen molar-refractivity contribution in [1.82, 2.24) is 0 Å². The quantitative estimate of drug-likeness (QED) is 0.101. The van der Waals surface area contributed by atoms with E-state index in [0.29, 0.717) is 0 Å². The van der Waals surface area contributed by atoms with Crippen LogP contribution in [0.1, 0.15) is 68.6 Å². The summed E-state index contributed by atoms with van der Waals surface area (Å²) in [5.74, 6) is 2.66. The number of fused-ring (bicyclic) bond motifs is 6. The van der Waals surface area contributed by atoms with Crippen molar-refractivity contribution in [3.63, 3.8) is 0 Å². The van der Waals surface area contributed by atoms with Gasteiger partial charge < -0.3 is 19.0 Å².